The molecule has 0 unspecified atom stereocenters. The van der Waals surface area contributed by atoms with E-state index in [2.05, 4.69) is 15.4 Å². The molecule has 9 heavy (non-hydrogen) atoms. The van der Waals surface area contributed by atoms with Gasteiger partial charge in [-0.15, -0.1) is 5.10 Å². The number of aromatic amines is 1. The highest BCUT2D eigenvalue weighted by Crippen LogP contribution is 2.17. The Bertz CT molecular complexity index is 187. The summed E-state index contributed by atoms with van der Waals surface area (Å²) in [6.45, 7) is 0.777. The Hall–Kier alpha value is -1.06. The van der Waals surface area contributed by atoms with Gasteiger partial charge in [0.1, 0.15) is 5.69 Å². The lowest BCUT2D eigenvalue weighted by Crippen LogP contribution is -2.07. The topological polar surface area (TPSA) is 50.8 Å². The SMILES string of the molecule is C1COc2n[nH]nc2C1. The zero-order chi connectivity index (χ0) is 6.10. The van der Waals surface area contributed by atoms with Crippen molar-refractivity contribution in [2.24, 2.45) is 0 Å². The first-order valence-corrected chi connectivity index (χ1v) is 2.99. The lowest BCUT2D eigenvalue weighted by molar-refractivity contribution is 0.276. The molecular weight excluding hydrogens is 118 g/mol. The molecular formula is C5H7N3O. The first kappa shape index (κ1) is 4.78. The Morgan fingerprint density at radius 1 is 1.44 bits per heavy atom. The highest BCUT2D eigenvalue weighted by molar-refractivity contribution is 5.16. The minimum Gasteiger partial charge on any atom is -0.475 e. The molecule has 1 aliphatic heterocycles. The van der Waals surface area contributed by atoms with E-state index in [9.17, 15) is 0 Å². The average molecular weight is 125 g/mol. The number of nitrogens with one attached hydrogen (secondary N) is 1. The van der Waals surface area contributed by atoms with Crippen molar-refractivity contribution >= 4 is 0 Å². The minimum absolute atomic E-state index is 0.682. The molecule has 0 amide bonds. The van der Waals surface area contributed by atoms with Crippen LogP contribution < -0.4 is 4.74 Å². The van der Waals surface area contributed by atoms with E-state index in [-0.39, 0.29) is 0 Å². The fourth-order valence-corrected chi connectivity index (χ4v) is 0.930. The van der Waals surface area contributed by atoms with E-state index < -0.39 is 0 Å². The van der Waals surface area contributed by atoms with Gasteiger partial charge in [0, 0.05) is 6.42 Å². The highest BCUT2D eigenvalue weighted by Gasteiger charge is 2.12. The van der Waals surface area contributed by atoms with Crippen molar-refractivity contribution in [3.8, 4) is 5.88 Å². The van der Waals surface area contributed by atoms with Crippen LogP contribution in [-0.2, 0) is 6.42 Å². The molecule has 0 spiro atoms. The van der Waals surface area contributed by atoms with Crippen LogP contribution in [0.25, 0.3) is 0 Å². The molecule has 1 aromatic heterocycles. The standard InChI is InChI=1S/C5H7N3O/c1-2-4-5(9-3-1)7-8-6-4/h1-3H2,(H,6,7,8). The van der Waals surface area contributed by atoms with Crippen LogP contribution in [0.3, 0.4) is 0 Å². The summed E-state index contributed by atoms with van der Waals surface area (Å²) >= 11 is 0. The zero-order valence-electron chi connectivity index (χ0n) is 4.92. The summed E-state index contributed by atoms with van der Waals surface area (Å²) in [5, 5.41) is 10.2. The van der Waals surface area contributed by atoms with Gasteiger partial charge in [0.05, 0.1) is 6.61 Å². The Balaban J connectivity index is 2.39. The molecule has 1 N–H and O–H groups in total. The van der Waals surface area contributed by atoms with Gasteiger partial charge in [0.25, 0.3) is 5.88 Å². The van der Waals surface area contributed by atoms with E-state index >= 15 is 0 Å². The first-order chi connectivity index (χ1) is 4.47. The van der Waals surface area contributed by atoms with Gasteiger partial charge in [0.2, 0.25) is 0 Å². The molecule has 0 saturated heterocycles. The van der Waals surface area contributed by atoms with E-state index in [1.807, 2.05) is 0 Å². The van der Waals surface area contributed by atoms with Crippen LogP contribution in [0, 0.1) is 0 Å². The molecule has 2 rings (SSSR count). The summed E-state index contributed by atoms with van der Waals surface area (Å²) in [4.78, 5) is 0. The molecule has 0 bridgehead atoms. The van der Waals surface area contributed by atoms with Crippen molar-refractivity contribution in [2.45, 2.75) is 12.8 Å². The summed E-state index contributed by atoms with van der Waals surface area (Å²) in [5.74, 6) is 0.682. The Morgan fingerprint density at radius 2 is 2.44 bits per heavy atom. The monoisotopic (exact) mass is 125 g/mol. The smallest absolute Gasteiger partial charge is 0.256 e. The lowest BCUT2D eigenvalue weighted by atomic mass is 10.2. The van der Waals surface area contributed by atoms with E-state index in [1.165, 1.54) is 0 Å². The van der Waals surface area contributed by atoms with Crippen molar-refractivity contribution < 1.29 is 4.74 Å². The van der Waals surface area contributed by atoms with Gasteiger partial charge in [0.15, 0.2) is 0 Å². The van der Waals surface area contributed by atoms with Gasteiger partial charge in [-0.25, -0.2) is 0 Å². The van der Waals surface area contributed by atoms with Crippen LogP contribution >= 0.6 is 0 Å². The van der Waals surface area contributed by atoms with Crippen LogP contribution in [0.1, 0.15) is 12.1 Å². The number of H-pyrrole nitrogens is 1. The van der Waals surface area contributed by atoms with Gasteiger partial charge >= 0.3 is 0 Å². The van der Waals surface area contributed by atoms with Gasteiger partial charge in [-0.05, 0) is 6.42 Å². The van der Waals surface area contributed by atoms with Crippen molar-refractivity contribution in [3.63, 3.8) is 0 Å². The normalized spacial score (nSPS) is 16.4. The number of aryl methyl sites for hydroxylation is 1. The first-order valence-electron chi connectivity index (χ1n) is 2.99. The largest absolute Gasteiger partial charge is 0.475 e. The van der Waals surface area contributed by atoms with Crippen molar-refractivity contribution in [1.29, 1.82) is 0 Å². The van der Waals surface area contributed by atoms with Crippen LogP contribution in [0.2, 0.25) is 0 Å². The predicted octanol–water partition coefficient (Wildman–Crippen LogP) is 0.130. The van der Waals surface area contributed by atoms with Crippen LogP contribution in [-0.4, -0.2) is 22.0 Å². The van der Waals surface area contributed by atoms with E-state index in [0.29, 0.717) is 5.88 Å². The Labute approximate surface area is 52.2 Å². The molecule has 0 fully saturated rings. The van der Waals surface area contributed by atoms with Crippen molar-refractivity contribution in [3.05, 3.63) is 5.69 Å². The fourth-order valence-electron chi connectivity index (χ4n) is 0.930. The summed E-state index contributed by atoms with van der Waals surface area (Å²) in [6, 6.07) is 0. The molecule has 0 saturated carbocycles. The Kier molecular flexibility index (Phi) is 0.913. The molecule has 1 aromatic rings. The highest BCUT2D eigenvalue weighted by atomic mass is 16.5. The summed E-state index contributed by atoms with van der Waals surface area (Å²) < 4.78 is 5.16. The molecule has 0 atom stereocenters. The van der Waals surface area contributed by atoms with Crippen molar-refractivity contribution in [1.82, 2.24) is 15.4 Å². The third-order valence-electron chi connectivity index (χ3n) is 1.38. The summed E-state index contributed by atoms with van der Waals surface area (Å²) in [5.41, 5.74) is 0.959. The fraction of sp³-hybridized carbons (Fsp3) is 0.600. The quantitative estimate of drug-likeness (QED) is 0.536. The summed E-state index contributed by atoms with van der Waals surface area (Å²) in [6.07, 6.45) is 2.05. The van der Waals surface area contributed by atoms with E-state index in [4.69, 9.17) is 4.74 Å². The third-order valence-corrected chi connectivity index (χ3v) is 1.38. The predicted molar refractivity (Wildman–Crippen MR) is 30.2 cm³/mol. The molecule has 0 aliphatic carbocycles. The van der Waals surface area contributed by atoms with Crippen molar-refractivity contribution in [2.75, 3.05) is 6.61 Å². The number of rotatable bonds is 0. The number of fused-ring (bicyclic) bond motifs is 1. The number of aromatic nitrogens is 3. The molecule has 1 aliphatic rings. The maximum atomic E-state index is 5.16. The van der Waals surface area contributed by atoms with Crippen LogP contribution in [0.5, 0.6) is 5.88 Å². The third kappa shape index (κ3) is 0.667. The lowest BCUT2D eigenvalue weighted by Gasteiger charge is -2.07. The van der Waals surface area contributed by atoms with E-state index in [0.717, 1.165) is 25.1 Å². The number of hydrogen-bond acceptors (Lipinski definition) is 3. The van der Waals surface area contributed by atoms with E-state index in [1.54, 1.807) is 0 Å². The molecule has 0 aromatic carbocycles. The zero-order valence-corrected chi connectivity index (χ0v) is 4.92. The van der Waals surface area contributed by atoms with Gasteiger partial charge in [-0.2, -0.15) is 10.3 Å². The number of ether oxygens (including phenoxy) is 1. The second kappa shape index (κ2) is 1.72. The molecule has 48 valence electrons. The second-order valence-corrected chi connectivity index (χ2v) is 2.03. The maximum Gasteiger partial charge on any atom is 0.256 e. The second-order valence-electron chi connectivity index (χ2n) is 2.03. The number of nitrogens with zero attached hydrogens (tertiary/aromatic N) is 2. The Morgan fingerprint density at radius 3 is 3.33 bits per heavy atom. The van der Waals surface area contributed by atoms with Crippen LogP contribution in [0.4, 0.5) is 0 Å². The van der Waals surface area contributed by atoms with Crippen LogP contribution in [0.15, 0.2) is 0 Å². The van der Waals surface area contributed by atoms with Gasteiger partial charge in [-0.3, -0.25) is 0 Å². The van der Waals surface area contributed by atoms with Gasteiger partial charge in [-0.1, -0.05) is 0 Å². The minimum atomic E-state index is 0.682. The molecule has 4 nitrogen and oxygen atoms in total. The molecule has 4 heteroatoms. The average Bonchev–Trinajstić information content (AvgIpc) is 2.33. The van der Waals surface area contributed by atoms with Gasteiger partial charge < -0.3 is 4.74 Å². The summed E-state index contributed by atoms with van der Waals surface area (Å²) in [7, 11) is 0. The maximum absolute atomic E-state index is 5.16. The number of hydrogen-bond donors (Lipinski definition) is 1. The molecule has 0 radical (unpaired) electrons. The molecule has 2 heterocycles.